The van der Waals surface area contributed by atoms with Crippen LogP contribution in [0.25, 0.3) is 11.0 Å². The number of nitrogens with one attached hydrogen (secondary N) is 3. The maximum Gasteiger partial charge on any atom is 0.414 e. The highest BCUT2D eigenvalue weighted by Gasteiger charge is 2.17. The Morgan fingerprint density at radius 2 is 1.91 bits per heavy atom. The SMILES string of the molecule is CC(C)(C)OC(=O)NC(=NCCCc1cc2cc(C=N)ccc2o1)NCCCCCCCBr. The number of carbonyl (C=O) groups excluding carboxylic acids is 1. The van der Waals surface area contributed by atoms with E-state index in [0.29, 0.717) is 12.5 Å². The number of guanidine groups is 1. The smallest absolute Gasteiger partial charge is 0.414 e. The number of nitrogens with zero attached hydrogens (tertiary/aromatic N) is 1. The van der Waals surface area contributed by atoms with Crippen molar-refractivity contribution in [3.8, 4) is 0 Å². The average molecular weight is 522 g/mol. The molecule has 7 nitrogen and oxygen atoms in total. The first kappa shape index (κ1) is 26.9. The lowest BCUT2D eigenvalue weighted by atomic mass is 10.1. The molecule has 2 aromatic rings. The highest BCUT2D eigenvalue weighted by molar-refractivity contribution is 9.09. The molecule has 1 amide bonds. The number of aliphatic imine (C=N–C) groups is 1. The Bertz CT molecular complexity index is 918. The minimum Gasteiger partial charge on any atom is -0.461 e. The zero-order chi connectivity index (χ0) is 24.1. The van der Waals surface area contributed by atoms with Gasteiger partial charge in [0.05, 0.1) is 0 Å². The third-order valence-electron chi connectivity index (χ3n) is 4.83. The van der Waals surface area contributed by atoms with Gasteiger partial charge in [0.1, 0.15) is 16.9 Å². The Morgan fingerprint density at radius 3 is 2.64 bits per heavy atom. The Kier molecular flexibility index (Phi) is 11.4. The van der Waals surface area contributed by atoms with Crippen molar-refractivity contribution in [1.82, 2.24) is 10.6 Å². The molecule has 0 aliphatic carbocycles. The molecule has 0 saturated heterocycles. The maximum absolute atomic E-state index is 12.2. The fraction of sp³-hybridized carbons (Fsp3) is 0.560. The lowest BCUT2D eigenvalue weighted by molar-refractivity contribution is 0.0561. The van der Waals surface area contributed by atoms with Crippen LogP contribution in [0.4, 0.5) is 4.79 Å². The lowest BCUT2D eigenvalue weighted by Crippen LogP contribution is -2.44. The molecular weight excluding hydrogens is 484 g/mol. The summed E-state index contributed by atoms with van der Waals surface area (Å²) in [5.41, 5.74) is 1.11. The van der Waals surface area contributed by atoms with Crippen LogP contribution in [0, 0.1) is 5.41 Å². The second-order valence-corrected chi connectivity index (χ2v) is 9.79. The summed E-state index contributed by atoms with van der Waals surface area (Å²) in [5.74, 6) is 1.34. The minimum absolute atomic E-state index is 0.449. The quantitative estimate of drug-likeness (QED) is 0.134. The van der Waals surface area contributed by atoms with Gasteiger partial charge in [-0.3, -0.25) is 10.3 Å². The number of carbonyl (C=O) groups is 1. The van der Waals surface area contributed by atoms with E-state index in [1.165, 1.54) is 25.5 Å². The van der Waals surface area contributed by atoms with Crippen LogP contribution in [0.2, 0.25) is 0 Å². The summed E-state index contributed by atoms with van der Waals surface area (Å²) in [4.78, 5) is 16.7. The molecular formula is C25H37BrN4O3. The average Bonchev–Trinajstić information content (AvgIpc) is 3.16. The molecule has 2 rings (SSSR count). The Labute approximate surface area is 205 Å². The van der Waals surface area contributed by atoms with E-state index in [2.05, 4.69) is 31.6 Å². The van der Waals surface area contributed by atoms with Gasteiger partial charge in [0.25, 0.3) is 0 Å². The third kappa shape index (κ3) is 10.9. The van der Waals surface area contributed by atoms with Crippen molar-refractivity contribution >= 4 is 45.2 Å². The molecule has 0 saturated carbocycles. The maximum atomic E-state index is 12.2. The molecule has 182 valence electrons. The summed E-state index contributed by atoms with van der Waals surface area (Å²) in [7, 11) is 0. The number of hydrogen-bond acceptors (Lipinski definition) is 5. The molecule has 1 aromatic carbocycles. The van der Waals surface area contributed by atoms with Gasteiger partial charge >= 0.3 is 6.09 Å². The fourth-order valence-corrected chi connectivity index (χ4v) is 3.67. The van der Waals surface area contributed by atoms with Crippen LogP contribution in [-0.2, 0) is 11.2 Å². The Morgan fingerprint density at radius 1 is 1.15 bits per heavy atom. The molecule has 0 radical (unpaired) electrons. The number of aryl methyl sites for hydroxylation is 1. The van der Waals surface area contributed by atoms with Crippen LogP contribution in [-0.4, -0.2) is 42.3 Å². The molecule has 0 aliphatic heterocycles. The molecule has 0 bridgehead atoms. The number of ether oxygens (including phenoxy) is 1. The molecule has 0 atom stereocenters. The van der Waals surface area contributed by atoms with Crippen LogP contribution in [0.5, 0.6) is 0 Å². The molecule has 8 heteroatoms. The summed E-state index contributed by atoms with van der Waals surface area (Å²) < 4.78 is 11.2. The molecule has 1 heterocycles. The zero-order valence-corrected chi connectivity index (χ0v) is 21.6. The van der Waals surface area contributed by atoms with Gasteiger partial charge in [-0.15, -0.1) is 0 Å². The number of amides is 1. The molecule has 33 heavy (non-hydrogen) atoms. The van der Waals surface area contributed by atoms with Gasteiger partial charge < -0.3 is 19.9 Å². The van der Waals surface area contributed by atoms with Crippen molar-refractivity contribution in [1.29, 1.82) is 5.41 Å². The lowest BCUT2D eigenvalue weighted by Gasteiger charge is -2.20. The van der Waals surface area contributed by atoms with E-state index >= 15 is 0 Å². The number of halogens is 1. The van der Waals surface area contributed by atoms with Crippen LogP contribution < -0.4 is 10.6 Å². The third-order valence-corrected chi connectivity index (χ3v) is 5.39. The van der Waals surface area contributed by atoms with Crippen molar-refractivity contribution in [2.45, 2.75) is 71.3 Å². The van der Waals surface area contributed by atoms with E-state index in [9.17, 15) is 4.79 Å². The van der Waals surface area contributed by atoms with Gasteiger partial charge in [0.2, 0.25) is 5.96 Å². The minimum atomic E-state index is -0.566. The zero-order valence-electron chi connectivity index (χ0n) is 20.0. The second kappa shape index (κ2) is 14.0. The summed E-state index contributed by atoms with van der Waals surface area (Å²) >= 11 is 3.46. The predicted octanol–water partition coefficient (Wildman–Crippen LogP) is 6.18. The Hall–Kier alpha value is -2.35. The summed E-state index contributed by atoms with van der Waals surface area (Å²) in [5, 5.41) is 15.4. The number of benzene rings is 1. The van der Waals surface area contributed by atoms with Crippen LogP contribution >= 0.6 is 15.9 Å². The van der Waals surface area contributed by atoms with Crippen LogP contribution in [0.3, 0.4) is 0 Å². The van der Waals surface area contributed by atoms with Crippen LogP contribution in [0.15, 0.2) is 33.7 Å². The van der Waals surface area contributed by atoms with Gasteiger partial charge in [-0.1, -0.05) is 35.2 Å². The summed E-state index contributed by atoms with van der Waals surface area (Å²) in [6.45, 7) is 6.81. The molecule has 1 aromatic heterocycles. The van der Waals surface area contributed by atoms with Gasteiger partial charge in [-0.2, -0.15) is 0 Å². The van der Waals surface area contributed by atoms with E-state index < -0.39 is 11.7 Å². The molecule has 0 aliphatic rings. The van der Waals surface area contributed by atoms with E-state index in [1.54, 1.807) is 0 Å². The van der Waals surface area contributed by atoms with Crippen molar-refractivity contribution in [3.05, 3.63) is 35.6 Å². The largest absolute Gasteiger partial charge is 0.461 e. The van der Waals surface area contributed by atoms with Gasteiger partial charge in [0, 0.05) is 36.4 Å². The number of furan rings is 1. The normalized spacial score (nSPS) is 12.1. The topological polar surface area (TPSA) is 99.7 Å². The van der Waals surface area contributed by atoms with Gasteiger partial charge in [0.15, 0.2) is 0 Å². The highest BCUT2D eigenvalue weighted by atomic mass is 79.9. The summed E-state index contributed by atoms with van der Waals surface area (Å²) in [6, 6.07) is 7.72. The number of hydrogen-bond donors (Lipinski definition) is 3. The van der Waals surface area contributed by atoms with Crippen molar-refractivity contribution < 1.29 is 13.9 Å². The second-order valence-electron chi connectivity index (χ2n) is 9.00. The number of fused-ring (bicyclic) bond motifs is 1. The Balaban J connectivity index is 1.86. The number of unbranched alkanes of at least 4 members (excludes halogenated alkanes) is 4. The molecule has 3 N–H and O–H groups in total. The van der Waals surface area contributed by atoms with Gasteiger partial charge in [-0.25, -0.2) is 4.79 Å². The van der Waals surface area contributed by atoms with E-state index in [1.807, 2.05) is 45.0 Å². The molecule has 0 spiro atoms. The van der Waals surface area contributed by atoms with Crippen molar-refractivity contribution in [2.75, 3.05) is 18.4 Å². The first-order chi connectivity index (χ1) is 15.8. The highest BCUT2D eigenvalue weighted by Crippen LogP contribution is 2.21. The fourth-order valence-electron chi connectivity index (χ4n) is 3.27. The van der Waals surface area contributed by atoms with E-state index in [4.69, 9.17) is 14.6 Å². The molecule has 0 unspecified atom stereocenters. The monoisotopic (exact) mass is 520 g/mol. The van der Waals surface area contributed by atoms with Crippen molar-refractivity contribution in [3.63, 3.8) is 0 Å². The standard InChI is InChI=1S/C25H37BrN4O3/c1-25(2,3)33-24(31)30-23(28-14-8-6-4-5-7-13-26)29-15-9-10-21-17-20-16-19(18-27)11-12-22(20)32-21/h11-12,16-18,27H,4-10,13-15H2,1-3H3,(H2,28,29,30,31). The first-order valence-corrected chi connectivity index (χ1v) is 12.8. The first-order valence-electron chi connectivity index (χ1n) is 11.7. The summed E-state index contributed by atoms with van der Waals surface area (Å²) in [6.07, 6.45) is 8.15. The van der Waals surface area contributed by atoms with E-state index in [0.717, 1.165) is 59.9 Å². The number of alkyl halides is 1. The predicted molar refractivity (Wildman–Crippen MR) is 139 cm³/mol. The van der Waals surface area contributed by atoms with Crippen molar-refractivity contribution in [2.24, 2.45) is 4.99 Å². The number of rotatable bonds is 12. The number of alkyl carbamates (subject to hydrolysis) is 1. The van der Waals surface area contributed by atoms with Gasteiger partial charge in [-0.05, 0) is 69.9 Å². The van der Waals surface area contributed by atoms with E-state index in [-0.39, 0.29) is 0 Å². The van der Waals surface area contributed by atoms with Crippen LogP contribution in [0.1, 0.15) is 70.6 Å². The molecule has 0 fully saturated rings.